The van der Waals surface area contributed by atoms with Gasteiger partial charge in [0.05, 0.1) is 12.8 Å². The minimum Gasteiger partial charge on any atom is -0.393 e. The Morgan fingerprint density at radius 2 is 2.17 bits per heavy atom. The van der Waals surface area contributed by atoms with Crippen LogP contribution < -0.4 is 0 Å². The van der Waals surface area contributed by atoms with Crippen molar-refractivity contribution in [3.05, 3.63) is 0 Å². The van der Waals surface area contributed by atoms with Gasteiger partial charge in [-0.25, -0.2) is 0 Å². The first kappa shape index (κ1) is 9.93. The van der Waals surface area contributed by atoms with Gasteiger partial charge in [-0.15, -0.1) is 0 Å². The van der Waals surface area contributed by atoms with E-state index in [1.165, 1.54) is 0 Å². The van der Waals surface area contributed by atoms with Crippen molar-refractivity contribution in [2.75, 3.05) is 26.3 Å². The number of rotatable bonds is 3. The summed E-state index contributed by atoms with van der Waals surface area (Å²) in [5.41, 5.74) is 0. The van der Waals surface area contributed by atoms with Gasteiger partial charge in [0.1, 0.15) is 0 Å². The van der Waals surface area contributed by atoms with Gasteiger partial charge in [-0.3, -0.25) is 4.39 Å². The van der Waals surface area contributed by atoms with Crippen molar-refractivity contribution in [3.8, 4) is 0 Å². The average Bonchev–Trinajstić information content (AvgIpc) is 2.27. The van der Waals surface area contributed by atoms with Crippen molar-refractivity contribution in [3.63, 3.8) is 0 Å². The van der Waals surface area contributed by atoms with Crippen molar-refractivity contribution in [2.45, 2.75) is 31.8 Å². The third kappa shape index (κ3) is 3.50. The molecule has 0 saturated carbocycles. The molecular formula is C9H18FNO. The monoisotopic (exact) mass is 175 g/mol. The van der Waals surface area contributed by atoms with Crippen LogP contribution in [0.4, 0.5) is 4.39 Å². The maximum Gasteiger partial charge on any atom is 0.0906 e. The second-order valence-electron chi connectivity index (χ2n) is 3.47. The molecule has 0 radical (unpaired) electrons. The van der Waals surface area contributed by atoms with E-state index in [0.717, 1.165) is 38.9 Å². The number of alkyl halides is 1. The number of likely N-dealkylation sites (tertiary alicyclic amines) is 1. The second-order valence-corrected chi connectivity index (χ2v) is 3.47. The van der Waals surface area contributed by atoms with Gasteiger partial charge in [-0.1, -0.05) is 0 Å². The molecule has 0 aliphatic carbocycles. The van der Waals surface area contributed by atoms with Gasteiger partial charge < -0.3 is 10.0 Å². The Balaban J connectivity index is 2.17. The van der Waals surface area contributed by atoms with Crippen molar-refractivity contribution >= 4 is 0 Å². The standard InChI is InChI=1S/C9H18FNO/c10-5-2-7-11-6-1-3-9(12)4-8-11/h9,12H,1-8H2. The summed E-state index contributed by atoms with van der Waals surface area (Å²) in [6, 6.07) is 0. The van der Waals surface area contributed by atoms with Crippen LogP contribution in [0.3, 0.4) is 0 Å². The topological polar surface area (TPSA) is 23.5 Å². The number of nitrogens with zero attached hydrogens (tertiary/aromatic N) is 1. The van der Waals surface area contributed by atoms with E-state index in [1.807, 2.05) is 0 Å². The van der Waals surface area contributed by atoms with E-state index in [-0.39, 0.29) is 12.8 Å². The smallest absolute Gasteiger partial charge is 0.0906 e. The van der Waals surface area contributed by atoms with Gasteiger partial charge in [-0.2, -0.15) is 0 Å². The van der Waals surface area contributed by atoms with Gasteiger partial charge in [0.15, 0.2) is 0 Å². The zero-order valence-electron chi connectivity index (χ0n) is 7.51. The van der Waals surface area contributed by atoms with Gasteiger partial charge in [0.25, 0.3) is 0 Å². The molecular weight excluding hydrogens is 157 g/mol. The lowest BCUT2D eigenvalue weighted by molar-refractivity contribution is 0.155. The van der Waals surface area contributed by atoms with Gasteiger partial charge in [0.2, 0.25) is 0 Å². The van der Waals surface area contributed by atoms with Gasteiger partial charge in [0, 0.05) is 13.1 Å². The maximum absolute atomic E-state index is 11.9. The Labute approximate surface area is 73.4 Å². The third-order valence-electron chi connectivity index (χ3n) is 2.40. The Morgan fingerprint density at radius 1 is 1.33 bits per heavy atom. The third-order valence-corrected chi connectivity index (χ3v) is 2.40. The fraction of sp³-hybridized carbons (Fsp3) is 1.00. The second kappa shape index (κ2) is 5.49. The molecule has 1 atom stereocenters. The highest BCUT2D eigenvalue weighted by atomic mass is 19.1. The molecule has 12 heavy (non-hydrogen) atoms. The number of hydrogen-bond acceptors (Lipinski definition) is 2. The SMILES string of the molecule is OC1CCCN(CCCF)CC1. The highest BCUT2D eigenvalue weighted by Crippen LogP contribution is 2.10. The quantitative estimate of drug-likeness (QED) is 0.696. The fourth-order valence-corrected chi connectivity index (χ4v) is 1.65. The van der Waals surface area contributed by atoms with Gasteiger partial charge >= 0.3 is 0 Å². The van der Waals surface area contributed by atoms with E-state index in [1.54, 1.807) is 0 Å². The Morgan fingerprint density at radius 3 is 2.92 bits per heavy atom. The molecule has 1 unspecified atom stereocenters. The lowest BCUT2D eigenvalue weighted by atomic mass is 10.2. The average molecular weight is 175 g/mol. The van der Waals surface area contributed by atoms with E-state index >= 15 is 0 Å². The molecule has 3 heteroatoms. The van der Waals surface area contributed by atoms with Crippen molar-refractivity contribution in [1.82, 2.24) is 4.90 Å². The highest BCUT2D eigenvalue weighted by Gasteiger charge is 2.13. The predicted molar refractivity (Wildman–Crippen MR) is 46.9 cm³/mol. The lowest BCUT2D eigenvalue weighted by Crippen LogP contribution is -2.26. The molecule has 1 rings (SSSR count). The summed E-state index contributed by atoms with van der Waals surface area (Å²) in [4.78, 5) is 2.25. The van der Waals surface area contributed by atoms with Crippen LogP contribution in [0.15, 0.2) is 0 Å². The Bertz CT molecular complexity index is 119. The minimum absolute atomic E-state index is 0.125. The molecule has 1 saturated heterocycles. The zero-order valence-corrected chi connectivity index (χ0v) is 7.51. The predicted octanol–water partition coefficient (Wildman–Crippen LogP) is 1.19. The van der Waals surface area contributed by atoms with Crippen LogP contribution in [0.1, 0.15) is 25.7 Å². The van der Waals surface area contributed by atoms with Crippen molar-refractivity contribution in [1.29, 1.82) is 0 Å². The van der Waals surface area contributed by atoms with Crippen LogP contribution in [0.25, 0.3) is 0 Å². The zero-order chi connectivity index (χ0) is 8.81. The van der Waals surface area contributed by atoms with E-state index in [0.29, 0.717) is 6.42 Å². The molecule has 1 heterocycles. The Hall–Kier alpha value is -0.150. The largest absolute Gasteiger partial charge is 0.393 e. The molecule has 0 bridgehead atoms. The molecule has 0 amide bonds. The van der Waals surface area contributed by atoms with Crippen LogP contribution in [-0.2, 0) is 0 Å². The van der Waals surface area contributed by atoms with Crippen LogP contribution in [0.5, 0.6) is 0 Å². The van der Waals surface area contributed by atoms with Crippen molar-refractivity contribution in [2.24, 2.45) is 0 Å². The first-order valence-corrected chi connectivity index (χ1v) is 4.79. The summed E-state index contributed by atoms with van der Waals surface area (Å²) in [6.45, 7) is 2.58. The van der Waals surface area contributed by atoms with Crippen LogP contribution >= 0.6 is 0 Å². The molecule has 2 nitrogen and oxygen atoms in total. The highest BCUT2D eigenvalue weighted by molar-refractivity contribution is 4.68. The lowest BCUT2D eigenvalue weighted by Gasteiger charge is -2.18. The summed E-state index contributed by atoms with van der Waals surface area (Å²) in [5.74, 6) is 0. The maximum atomic E-state index is 11.9. The normalized spacial score (nSPS) is 27.0. The number of hydrogen-bond donors (Lipinski definition) is 1. The molecule has 0 aromatic rings. The molecule has 1 N–H and O–H groups in total. The van der Waals surface area contributed by atoms with E-state index in [4.69, 9.17) is 0 Å². The van der Waals surface area contributed by atoms with E-state index < -0.39 is 0 Å². The minimum atomic E-state index is -0.223. The van der Waals surface area contributed by atoms with Crippen LogP contribution in [0.2, 0.25) is 0 Å². The van der Waals surface area contributed by atoms with Crippen LogP contribution in [-0.4, -0.2) is 42.4 Å². The summed E-state index contributed by atoms with van der Waals surface area (Å²) in [7, 11) is 0. The Kier molecular flexibility index (Phi) is 4.54. The first-order valence-electron chi connectivity index (χ1n) is 4.79. The fourth-order valence-electron chi connectivity index (χ4n) is 1.65. The summed E-state index contributed by atoms with van der Waals surface area (Å²) < 4.78 is 11.9. The summed E-state index contributed by atoms with van der Waals surface area (Å²) >= 11 is 0. The van der Waals surface area contributed by atoms with E-state index in [2.05, 4.69) is 4.90 Å². The first-order chi connectivity index (χ1) is 5.83. The van der Waals surface area contributed by atoms with Crippen LogP contribution in [0, 0.1) is 0 Å². The number of halogens is 1. The number of aliphatic hydroxyl groups excluding tert-OH is 1. The van der Waals surface area contributed by atoms with Crippen molar-refractivity contribution < 1.29 is 9.50 Å². The summed E-state index contributed by atoms with van der Waals surface area (Å²) in [5, 5.41) is 9.33. The molecule has 1 fully saturated rings. The molecule has 0 aromatic heterocycles. The molecule has 1 aliphatic rings. The molecule has 1 aliphatic heterocycles. The van der Waals surface area contributed by atoms with Gasteiger partial charge in [-0.05, 0) is 32.2 Å². The van der Waals surface area contributed by atoms with E-state index in [9.17, 15) is 9.50 Å². The molecule has 0 spiro atoms. The molecule has 72 valence electrons. The molecule has 0 aromatic carbocycles. The summed E-state index contributed by atoms with van der Waals surface area (Å²) in [6.07, 6.45) is 3.32. The number of aliphatic hydroxyl groups is 1.